The van der Waals surface area contributed by atoms with Gasteiger partial charge >= 0.3 is 0 Å². The van der Waals surface area contributed by atoms with Crippen LogP contribution in [0.25, 0.3) is 0 Å². The molecule has 180 valence electrons. The summed E-state index contributed by atoms with van der Waals surface area (Å²) in [7, 11) is 5.86. The lowest BCUT2D eigenvalue weighted by atomic mass is 9.85. The second kappa shape index (κ2) is 12.7. The van der Waals surface area contributed by atoms with Crippen molar-refractivity contribution < 1.29 is 19.1 Å². The van der Waals surface area contributed by atoms with Gasteiger partial charge in [-0.15, -0.1) is 0 Å². The van der Waals surface area contributed by atoms with E-state index in [-0.39, 0.29) is 29.7 Å². The van der Waals surface area contributed by atoms with Crippen LogP contribution in [0.2, 0.25) is 0 Å². The van der Waals surface area contributed by atoms with Crippen molar-refractivity contribution in [3.05, 3.63) is 59.9 Å². The molecule has 1 heterocycles. The van der Waals surface area contributed by atoms with Crippen LogP contribution in [-0.2, 0) is 25.5 Å². The molecule has 34 heavy (non-hydrogen) atoms. The average Bonchev–Trinajstić information content (AvgIpc) is 3.32. The first kappa shape index (κ1) is 25.9. The molecule has 1 N–H and O–H groups in total. The molecule has 2 radical (unpaired) electrons. The van der Waals surface area contributed by atoms with Crippen LogP contribution in [0.4, 0.5) is 0 Å². The first-order valence-electron chi connectivity index (χ1n) is 12.2. The Morgan fingerprint density at radius 1 is 1.29 bits per heavy atom. The number of allylic oxidation sites excluding steroid dienone is 3. The van der Waals surface area contributed by atoms with Gasteiger partial charge in [0.1, 0.15) is 24.4 Å². The number of amides is 1. The normalized spacial score (nSPS) is 22.9. The molecular weight excluding hydrogens is 427 g/mol. The van der Waals surface area contributed by atoms with Gasteiger partial charge in [0.05, 0.1) is 13.9 Å². The van der Waals surface area contributed by atoms with E-state index < -0.39 is 11.8 Å². The number of likely N-dealkylation sites (tertiary alicyclic amines) is 1. The summed E-state index contributed by atoms with van der Waals surface area (Å²) in [6, 6.07) is 9.67. The monoisotopic (exact) mass is 462 g/mol. The van der Waals surface area contributed by atoms with Gasteiger partial charge in [-0.05, 0) is 63.3 Å². The Hall–Kier alpha value is -2.67. The minimum absolute atomic E-state index is 0.00109. The van der Waals surface area contributed by atoms with Crippen molar-refractivity contribution >= 4 is 25.8 Å². The average molecular weight is 462 g/mol. The number of benzene rings is 1. The molecule has 6 nitrogen and oxygen atoms in total. The van der Waals surface area contributed by atoms with Gasteiger partial charge in [0.25, 0.3) is 0 Å². The van der Waals surface area contributed by atoms with Crippen LogP contribution in [0.15, 0.2) is 54.3 Å². The van der Waals surface area contributed by atoms with E-state index in [1.807, 2.05) is 55.5 Å². The third-order valence-corrected chi connectivity index (χ3v) is 6.95. The zero-order chi connectivity index (χ0) is 24.5. The lowest BCUT2D eigenvalue weighted by molar-refractivity contribution is -0.131. The van der Waals surface area contributed by atoms with Crippen molar-refractivity contribution in [1.82, 2.24) is 10.2 Å². The zero-order valence-corrected chi connectivity index (χ0v) is 20.2. The third kappa shape index (κ3) is 6.92. The van der Waals surface area contributed by atoms with Crippen molar-refractivity contribution in [2.24, 2.45) is 17.8 Å². The van der Waals surface area contributed by atoms with Crippen molar-refractivity contribution in [3.63, 3.8) is 0 Å². The number of carbonyl (C=O) groups excluding carboxylic acids is 3. The Morgan fingerprint density at radius 2 is 2.06 bits per heavy atom. The highest BCUT2D eigenvalue weighted by Gasteiger charge is 2.37. The van der Waals surface area contributed by atoms with Gasteiger partial charge in [0.2, 0.25) is 5.91 Å². The van der Waals surface area contributed by atoms with E-state index in [0.29, 0.717) is 31.7 Å². The van der Waals surface area contributed by atoms with Crippen LogP contribution >= 0.6 is 0 Å². The highest BCUT2D eigenvalue weighted by Crippen LogP contribution is 2.27. The van der Waals surface area contributed by atoms with Gasteiger partial charge in [-0.3, -0.25) is 9.59 Å². The molecule has 0 bridgehead atoms. The fourth-order valence-corrected chi connectivity index (χ4v) is 4.82. The van der Waals surface area contributed by atoms with Gasteiger partial charge in [-0.25, -0.2) is 0 Å². The summed E-state index contributed by atoms with van der Waals surface area (Å²) in [5.41, 5.74) is 1.09. The number of aldehydes is 1. The van der Waals surface area contributed by atoms with Gasteiger partial charge in [-0.2, -0.15) is 0 Å². The molecule has 1 fully saturated rings. The minimum atomic E-state index is -0.474. The Balaban J connectivity index is 1.65. The molecule has 7 heteroatoms. The van der Waals surface area contributed by atoms with Gasteiger partial charge in [0, 0.05) is 23.8 Å². The van der Waals surface area contributed by atoms with Crippen molar-refractivity contribution in [2.75, 3.05) is 19.6 Å². The molecule has 1 aromatic carbocycles. The second-order valence-corrected chi connectivity index (χ2v) is 9.33. The first-order valence-corrected chi connectivity index (χ1v) is 12.2. The van der Waals surface area contributed by atoms with E-state index in [4.69, 9.17) is 12.6 Å². The third-order valence-electron chi connectivity index (χ3n) is 6.95. The maximum atomic E-state index is 13.2. The minimum Gasteiger partial charge on any atom is -0.492 e. The van der Waals surface area contributed by atoms with Crippen molar-refractivity contribution in [2.45, 2.75) is 51.6 Å². The molecule has 1 aromatic rings. The molecule has 4 unspecified atom stereocenters. The van der Waals surface area contributed by atoms with Crippen LogP contribution < -0.4 is 5.32 Å². The quantitative estimate of drug-likeness (QED) is 0.382. The van der Waals surface area contributed by atoms with Crippen LogP contribution in [0.5, 0.6) is 0 Å². The topological polar surface area (TPSA) is 75.7 Å². The summed E-state index contributed by atoms with van der Waals surface area (Å²) in [5, 5.41) is 3.12. The largest absolute Gasteiger partial charge is 0.492 e. The number of Topliss-reactive ketones (excluding diaryl/α,β-unsaturated/α-hetero) is 1. The molecule has 2 aliphatic rings. The first-order chi connectivity index (χ1) is 16.4. The Morgan fingerprint density at radius 3 is 2.68 bits per heavy atom. The lowest BCUT2D eigenvalue weighted by Crippen LogP contribution is -2.48. The Bertz CT molecular complexity index is 901. The summed E-state index contributed by atoms with van der Waals surface area (Å²) in [4.78, 5) is 38.9. The Labute approximate surface area is 204 Å². The Kier molecular flexibility index (Phi) is 9.69. The number of nitrogens with zero attached hydrogens (tertiary/aromatic N) is 1. The van der Waals surface area contributed by atoms with E-state index in [1.54, 1.807) is 6.92 Å². The summed E-state index contributed by atoms with van der Waals surface area (Å²) < 4.78 is 6.00. The second-order valence-electron chi connectivity index (χ2n) is 9.33. The predicted molar refractivity (Wildman–Crippen MR) is 133 cm³/mol. The lowest BCUT2D eigenvalue weighted by Gasteiger charge is -2.32. The highest BCUT2D eigenvalue weighted by molar-refractivity contribution is 6.08. The van der Waals surface area contributed by atoms with Crippen molar-refractivity contribution in [1.29, 1.82) is 0 Å². The number of ether oxygens (including phenoxy) is 1. The standard InChI is InChI=1S/C27H35BN2O4/c1-19(25(16-31)26-9-6-14-30(26)18-28)27(33)29-23(15-21-7-4-3-5-8-21)17-34-24-12-10-22(11-13-24)20(2)32/h3-5,7-8,10,12-13,16,19,22-23,25-26H,6,9,11,14-15,17-18H2,1-2H3,(H,29,33)/t19?,22?,23?,25-,26?/m1/s1. The molecule has 0 spiro atoms. The van der Waals surface area contributed by atoms with E-state index in [1.165, 1.54) is 0 Å². The van der Waals surface area contributed by atoms with E-state index in [9.17, 15) is 14.4 Å². The fraction of sp³-hybridized carbons (Fsp3) is 0.519. The molecule has 0 aromatic heterocycles. The predicted octanol–water partition coefficient (Wildman–Crippen LogP) is 2.82. The molecule has 5 atom stereocenters. The van der Waals surface area contributed by atoms with Crippen LogP contribution in [0.3, 0.4) is 0 Å². The fourth-order valence-electron chi connectivity index (χ4n) is 4.82. The van der Waals surface area contributed by atoms with Gasteiger partial charge in [0.15, 0.2) is 0 Å². The summed E-state index contributed by atoms with van der Waals surface area (Å²) in [5.74, 6) is -0.301. The molecule has 1 saturated heterocycles. The molecule has 1 aliphatic heterocycles. The van der Waals surface area contributed by atoms with Gasteiger partial charge in [-0.1, -0.05) is 43.3 Å². The number of hydrogen-bond acceptors (Lipinski definition) is 5. The molecule has 1 aliphatic carbocycles. The smallest absolute Gasteiger partial charge is 0.223 e. The zero-order valence-electron chi connectivity index (χ0n) is 20.2. The van der Waals surface area contributed by atoms with Crippen LogP contribution in [-0.4, -0.2) is 62.4 Å². The maximum Gasteiger partial charge on any atom is 0.223 e. The molecule has 1 amide bonds. The number of nitrogens with one attached hydrogen (secondary N) is 1. The maximum absolute atomic E-state index is 13.2. The highest BCUT2D eigenvalue weighted by atomic mass is 16.5. The molecule has 0 saturated carbocycles. The van der Waals surface area contributed by atoms with E-state index in [0.717, 1.165) is 31.2 Å². The van der Waals surface area contributed by atoms with Crippen molar-refractivity contribution in [3.8, 4) is 0 Å². The molecule has 3 rings (SSSR count). The summed E-state index contributed by atoms with van der Waals surface area (Å²) >= 11 is 0. The van der Waals surface area contributed by atoms with Crippen LogP contribution in [0, 0.1) is 17.8 Å². The summed E-state index contributed by atoms with van der Waals surface area (Å²) in [6.07, 6.45) is 9.99. The number of hydrogen-bond donors (Lipinski definition) is 1. The number of rotatable bonds is 12. The molecular formula is C27H35BN2O4. The summed E-state index contributed by atoms with van der Waals surface area (Å²) in [6.45, 7) is 4.55. The van der Waals surface area contributed by atoms with E-state index in [2.05, 4.69) is 10.2 Å². The number of carbonyl (C=O) groups is 3. The SMILES string of the molecule is [B]CN1CCCC1[C@H](C=O)C(C)C(=O)NC(COC1=CCC(C(C)=O)C=C1)Cc1ccccc1. The van der Waals surface area contributed by atoms with Crippen LogP contribution in [0.1, 0.15) is 38.7 Å². The van der Waals surface area contributed by atoms with Gasteiger partial charge < -0.3 is 19.7 Å². The van der Waals surface area contributed by atoms with E-state index >= 15 is 0 Å². The number of ketones is 1.